The third kappa shape index (κ3) is 6.53. The Morgan fingerprint density at radius 2 is 2.00 bits per heavy atom. The van der Waals surface area contributed by atoms with Crippen LogP contribution >= 0.6 is 24.8 Å². The van der Waals surface area contributed by atoms with Gasteiger partial charge in [0.15, 0.2) is 0 Å². The van der Waals surface area contributed by atoms with E-state index in [1.165, 1.54) is 12.1 Å². The number of carbonyl (C=O) groups excluding carboxylic acids is 1. The fourth-order valence-electron chi connectivity index (χ4n) is 2.49. The van der Waals surface area contributed by atoms with Gasteiger partial charge in [0.05, 0.1) is 13.2 Å². The monoisotopic (exact) mass is 381 g/mol. The van der Waals surface area contributed by atoms with Gasteiger partial charge in [0.2, 0.25) is 5.91 Å². The van der Waals surface area contributed by atoms with Crippen LogP contribution in [-0.4, -0.2) is 56.7 Å². The van der Waals surface area contributed by atoms with Crippen LogP contribution < -0.4 is 10.6 Å². The third-order valence-electron chi connectivity index (χ3n) is 3.90. The molecule has 0 bridgehead atoms. The van der Waals surface area contributed by atoms with Gasteiger partial charge in [-0.2, -0.15) is 0 Å². The molecule has 1 saturated heterocycles. The number of hydrogen-bond acceptors (Lipinski definition) is 4. The van der Waals surface area contributed by atoms with E-state index in [4.69, 9.17) is 4.74 Å². The Kier molecular flexibility index (Phi) is 11.2. The minimum absolute atomic E-state index is 0. The number of hydrogen-bond donors (Lipinski definition) is 2. The van der Waals surface area contributed by atoms with Crippen molar-refractivity contribution in [2.24, 2.45) is 0 Å². The van der Waals surface area contributed by atoms with Crippen LogP contribution in [0.5, 0.6) is 0 Å². The summed E-state index contributed by atoms with van der Waals surface area (Å²) in [6, 6.07) is 5.96. The van der Waals surface area contributed by atoms with Crippen molar-refractivity contribution in [3.8, 4) is 0 Å². The molecule has 0 spiro atoms. The first-order valence-corrected chi connectivity index (χ1v) is 7.64. The van der Waals surface area contributed by atoms with E-state index in [9.17, 15) is 9.18 Å². The van der Waals surface area contributed by atoms with Crippen molar-refractivity contribution in [1.29, 1.82) is 0 Å². The van der Waals surface area contributed by atoms with Crippen LogP contribution in [0.15, 0.2) is 24.3 Å². The van der Waals surface area contributed by atoms with Gasteiger partial charge >= 0.3 is 0 Å². The van der Waals surface area contributed by atoms with Gasteiger partial charge in [0.1, 0.15) is 11.9 Å². The van der Waals surface area contributed by atoms with Crippen LogP contribution in [0, 0.1) is 5.82 Å². The molecule has 1 aromatic carbocycles. The van der Waals surface area contributed by atoms with E-state index in [1.807, 2.05) is 18.9 Å². The minimum Gasteiger partial charge on any atom is -0.379 e. The van der Waals surface area contributed by atoms with Gasteiger partial charge in [0, 0.05) is 25.7 Å². The van der Waals surface area contributed by atoms with Gasteiger partial charge in [-0.3, -0.25) is 9.69 Å². The van der Waals surface area contributed by atoms with Crippen LogP contribution in [0.3, 0.4) is 0 Å². The molecule has 1 amide bonds. The zero-order valence-electron chi connectivity index (χ0n) is 14.0. The molecule has 5 nitrogen and oxygen atoms in total. The first-order valence-electron chi connectivity index (χ1n) is 7.64. The Morgan fingerprint density at radius 3 is 2.58 bits per heavy atom. The van der Waals surface area contributed by atoms with Crippen molar-refractivity contribution < 1.29 is 13.9 Å². The van der Waals surface area contributed by atoms with Gasteiger partial charge in [0.25, 0.3) is 0 Å². The molecular formula is C16H26Cl2FN3O2. The molecule has 2 atom stereocenters. The SMILES string of the molecule is CNC(C)CNC(=O)C(c1cccc(F)c1)N1CCOCC1.Cl.Cl. The first-order chi connectivity index (χ1) is 10.6. The summed E-state index contributed by atoms with van der Waals surface area (Å²) in [4.78, 5) is 14.7. The number of carbonyl (C=O) groups is 1. The standard InChI is InChI=1S/C16H24FN3O2.2ClH/c1-12(18-2)11-19-16(21)15(20-6-8-22-9-7-20)13-4-3-5-14(17)10-13;;/h3-5,10,12,15,18H,6-9,11H2,1-2H3,(H,19,21);2*1H. The van der Waals surface area contributed by atoms with E-state index in [0.717, 1.165) is 0 Å². The van der Waals surface area contributed by atoms with Crippen molar-refractivity contribution in [3.63, 3.8) is 0 Å². The zero-order valence-corrected chi connectivity index (χ0v) is 15.6. The molecule has 1 heterocycles. The van der Waals surface area contributed by atoms with Crippen LogP contribution in [0.2, 0.25) is 0 Å². The van der Waals surface area contributed by atoms with Gasteiger partial charge in [-0.25, -0.2) is 4.39 Å². The zero-order chi connectivity index (χ0) is 15.9. The normalized spacial score (nSPS) is 17.1. The smallest absolute Gasteiger partial charge is 0.242 e. The highest BCUT2D eigenvalue weighted by atomic mass is 35.5. The van der Waals surface area contributed by atoms with Gasteiger partial charge < -0.3 is 15.4 Å². The van der Waals surface area contributed by atoms with E-state index < -0.39 is 6.04 Å². The highest BCUT2D eigenvalue weighted by Crippen LogP contribution is 2.23. The number of rotatable bonds is 6. The van der Waals surface area contributed by atoms with Crippen LogP contribution in [-0.2, 0) is 9.53 Å². The molecule has 2 unspecified atom stereocenters. The molecule has 2 rings (SSSR count). The summed E-state index contributed by atoms with van der Waals surface area (Å²) in [5.74, 6) is -0.429. The molecule has 1 aliphatic rings. The Morgan fingerprint density at radius 1 is 1.33 bits per heavy atom. The number of nitrogens with one attached hydrogen (secondary N) is 2. The lowest BCUT2D eigenvalue weighted by atomic mass is 10.0. The molecule has 1 aromatic rings. The summed E-state index contributed by atoms with van der Waals surface area (Å²) in [7, 11) is 1.85. The average Bonchev–Trinajstić information content (AvgIpc) is 2.54. The summed E-state index contributed by atoms with van der Waals surface area (Å²) in [5, 5.41) is 6.02. The second kappa shape index (κ2) is 11.6. The van der Waals surface area contributed by atoms with Crippen LogP contribution in [0.25, 0.3) is 0 Å². The molecule has 1 aliphatic heterocycles. The van der Waals surface area contributed by atoms with Gasteiger partial charge in [-0.15, -0.1) is 24.8 Å². The molecule has 0 aromatic heterocycles. The summed E-state index contributed by atoms with van der Waals surface area (Å²) in [6.45, 7) is 5.03. The summed E-state index contributed by atoms with van der Waals surface area (Å²) in [5.41, 5.74) is 0.677. The van der Waals surface area contributed by atoms with Crippen molar-refractivity contribution >= 4 is 30.7 Å². The van der Waals surface area contributed by atoms with E-state index in [1.54, 1.807) is 12.1 Å². The predicted molar refractivity (Wildman–Crippen MR) is 97.6 cm³/mol. The lowest BCUT2D eigenvalue weighted by Crippen LogP contribution is -2.47. The maximum atomic E-state index is 13.5. The Bertz CT molecular complexity index is 502. The predicted octanol–water partition coefficient (Wildman–Crippen LogP) is 1.77. The topological polar surface area (TPSA) is 53.6 Å². The lowest BCUT2D eigenvalue weighted by Gasteiger charge is -2.34. The largest absolute Gasteiger partial charge is 0.379 e. The number of amides is 1. The fraction of sp³-hybridized carbons (Fsp3) is 0.562. The van der Waals surface area contributed by atoms with E-state index >= 15 is 0 Å². The molecule has 138 valence electrons. The number of likely N-dealkylation sites (N-methyl/N-ethyl adjacent to an activating group) is 1. The highest BCUT2D eigenvalue weighted by molar-refractivity contribution is 5.85. The molecule has 2 N–H and O–H groups in total. The third-order valence-corrected chi connectivity index (χ3v) is 3.90. The molecule has 0 radical (unpaired) electrons. The molecule has 0 aliphatic carbocycles. The maximum absolute atomic E-state index is 13.5. The average molecular weight is 382 g/mol. The fourth-order valence-corrected chi connectivity index (χ4v) is 2.49. The Balaban J connectivity index is 0.00000264. The second-order valence-electron chi connectivity index (χ2n) is 5.54. The minimum atomic E-state index is -0.483. The quantitative estimate of drug-likeness (QED) is 0.788. The number of halogens is 3. The summed E-state index contributed by atoms with van der Waals surface area (Å²) < 4.78 is 18.9. The highest BCUT2D eigenvalue weighted by Gasteiger charge is 2.29. The van der Waals surface area contributed by atoms with Crippen molar-refractivity contribution in [2.45, 2.75) is 19.0 Å². The van der Waals surface area contributed by atoms with Crippen molar-refractivity contribution in [2.75, 3.05) is 39.9 Å². The summed E-state index contributed by atoms with van der Waals surface area (Å²) in [6.07, 6.45) is 0. The molecular weight excluding hydrogens is 356 g/mol. The van der Waals surface area contributed by atoms with E-state index in [-0.39, 0.29) is 42.6 Å². The Hall–Kier alpha value is -0.920. The number of ether oxygens (including phenoxy) is 1. The van der Waals surface area contributed by atoms with Crippen LogP contribution in [0.1, 0.15) is 18.5 Å². The van der Waals surface area contributed by atoms with Gasteiger partial charge in [-0.05, 0) is 31.7 Å². The Labute approximate surface area is 155 Å². The molecule has 24 heavy (non-hydrogen) atoms. The van der Waals surface area contributed by atoms with Gasteiger partial charge in [-0.1, -0.05) is 12.1 Å². The molecule has 1 fully saturated rings. The maximum Gasteiger partial charge on any atom is 0.242 e. The van der Waals surface area contributed by atoms with Crippen LogP contribution in [0.4, 0.5) is 4.39 Å². The van der Waals surface area contributed by atoms with Crippen molar-refractivity contribution in [1.82, 2.24) is 15.5 Å². The van der Waals surface area contributed by atoms with E-state index in [2.05, 4.69) is 10.6 Å². The molecule has 8 heteroatoms. The number of morpholine rings is 1. The van der Waals surface area contributed by atoms with E-state index in [0.29, 0.717) is 38.4 Å². The first kappa shape index (κ1) is 23.1. The van der Waals surface area contributed by atoms with Crippen molar-refractivity contribution in [3.05, 3.63) is 35.6 Å². The second-order valence-corrected chi connectivity index (χ2v) is 5.54. The molecule has 0 saturated carbocycles. The lowest BCUT2D eigenvalue weighted by molar-refractivity contribution is -0.128. The summed E-state index contributed by atoms with van der Waals surface area (Å²) >= 11 is 0. The number of nitrogens with zero attached hydrogens (tertiary/aromatic N) is 1. The number of benzene rings is 1.